The smallest absolute Gasteiger partial charge is 0.324 e. The molecule has 0 spiro atoms. The second-order valence-corrected chi connectivity index (χ2v) is 7.95. The highest BCUT2D eigenvalue weighted by atomic mass is 31.3. The van der Waals surface area contributed by atoms with Crippen LogP contribution in [-0.2, 0) is 13.4 Å². The van der Waals surface area contributed by atoms with Gasteiger partial charge in [-0.2, -0.15) is 0 Å². The zero-order chi connectivity index (χ0) is 15.1. The van der Waals surface area contributed by atoms with Crippen LogP contribution in [0.25, 0.3) is 0 Å². The lowest BCUT2D eigenvalue weighted by Crippen LogP contribution is -1.93. The molecule has 0 heterocycles. The number of hydrogen-bond donors (Lipinski definition) is 3. The van der Waals surface area contributed by atoms with Crippen molar-refractivity contribution in [2.45, 2.75) is 40.0 Å². The zero-order valence-electron chi connectivity index (χ0n) is 11.4. The van der Waals surface area contributed by atoms with Gasteiger partial charge in [-0.3, -0.25) is 4.57 Å². The highest BCUT2D eigenvalue weighted by Crippen LogP contribution is 2.57. The topological polar surface area (TPSA) is 104 Å². The van der Waals surface area contributed by atoms with E-state index in [-0.39, 0.29) is 12.6 Å². The fraction of sp³-hybridized carbons (Fsp3) is 0.636. The molecule has 1 unspecified atom stereocenters. The van der Waals surface area contributed by atoms with Crippen molar-refractivity contribution in [2.24, 2.45) is 0 Å². The van der Waals surface area contributed by atoms with Crippen LogP contribution in [0.3, 0.4) is 0 Å². The molecule has 0 saturated heterocycles. The lowest BCUT2D eigenvalue weighted by atomic mass is 10.1. The Morgan fingerprint density at radius 2 is 1.63 bits per heavy atom. The standard InChI is InChI=1S/C11H22O6P2/c1-10(2)6-4-7-11(3)8-5-9-18(12,13)17-19(14,15)16/h6,8H,4-5,7,9H2,1-3H3,(H,12,13)(H2,14,15,16)/b11-8+. The van der Waals surface area contributed by atoms with Crippen LogP contribution in [0.15, 0.2) is 23.3 Å². The lowest BCUT2D eigenvalue weighted by molar-refractivity contribution is 0.263. The normalized spacial score (nSPS) is 16.0. The number of hydrogen-bond acceptors (Lipinski definition) is 3. The third-order valence-corrected chi connectivity index (χ3v) is 4.92. The Labute approximate surface area is 114 Å². The summed E-state index contributed by atoms with van der Waals surface area (Å²) in [6, 6.07) is 0. The molecular weight excluding hydrogens is 290 g/mol. The first kappa shape index (κ1) is 18.8. The Kier molecular flexibility index (Phi) is 8.06. The molecule has 0 radical (unpaired) electrons. The second-order valence-electron chi connectivity index (χ2n) is 4.59. The summed E-state index contributed by atoms with van der Waals surface area (Å²) in [5, 5.41) is 0. The van der Waals surface area contributed by atoms with Gasteiger partial charge in [0.15, 0.2) is 0 Å². The van der Waals surface area contributed by atoms with E-state index in [4.69, 9.17) is 9.79 Å². The monoisotopic (exact) mass is 312 g/mol. The van der Waals surface area contributed by atoms with Crippen molar-refractivity contribution in [1.82, 2.24) is 0 Å². The first-order valence-electron chi connectivity index (χ1n) is 5.89. The van der Waals surface area contributed by atoms with Gasteiger partial charge in [0.1, 0.15) is 0 Å². The van der Waals surface area contributed by atoms with E-state index in [2.05, 4.69) is 10.4 Å². The van der Waals surface area contributed by atoms with E-state index < -0.39 is 15.4 Å². The van der Waals surface area contributed by atoms with Crippen molar-refractivity contribution < 1.29 is 28.1 Å². The fourth-order valence-corrected chi connectivity index (χ4v) is 3.48. The van der Waals surface area contributed by atoms with E-state index in [0.717, 1.165) is 18.4 Å². The van der Waals surface area contributed by atoms with Gasteiger partial charge in [0.2, 0.25) is 0 Å². The van der Waals surface area contributed by atoms with Gasteiger partial charge in [0, 0.05) is 0 Å². The maximum Gasteiger partial charge on any atom is 0.476 e. The van der Waals surface area contributed by atoms with E-state index in [0.29, 0.717) is 0 Å². The highest BCUT2D eigenvalue weighted by Gasteiger charge is 2.29. The van der Waals surface area contributed by atoms with Crippen molar-refractivity contribution >= 4 is 15.4 Å². The summed E-state index contributed by atoms with van der Waals surface area (Å²) in [7, 11) is -9.15. The van der Waals surface area contributed by atoms with Crippen molar-refractivity contribution in [3.05, 3.63) is 23.3 Å². The van der Waals surface area contributed by atoms with Crippen LogP contribution in [0.4, 0.5) is 0 Å². The average Bonchev–Trinajstić information content (AvgIpc) is 2.12. The lowest BCUT2D eigenvalue weighted by Gasteiger charge is -2.11. The molecule has 0 aliphatic heterocycles. The predicted octanol–water partition coefficient (Wildman–Crippen LogP) is 3.36. The van der Waals surface area contributed by atoms with Crippen LogP contribution < -0.4 is 0 Å². The summed E-state index contributed by atoms with van der Waals surface area (Å²) in [6.07, 6.45) is 5.57. The zero-order valence-corrected chi connectivity index (χ0v) is 13.2. The number of allylic oxidation sites excluding steroid dienone is 4. The molecule has 8 heteroatoms. The van der Waals surface area contributed by atoms with Crippen LogP contribution >= 0.6 is 15.4 Å². The van der Waals surface area contributed by atoms with E-state index in [1.54, 1.807) is 6.08 Å². The van der Waals surface area contributed by atoms with Gasteiger partial charge in [-0.1, -0.05) is 23.3 Å². The molecule has 0 aliphatic carbocycles. The molecule has 6 nitrogen and oxygen atoms in total. The molecule has 0 aliphatic rings. The van der Waals surface area contributed by atoms with Crippen LogP contribution in [0.1, 0.15) is 40.0 Å². The summed E-state index contributed by atoms with van der Waals surface area (Å²) in [5.41, 5.74) is 2.30. The third kappa shape index (κ3) is 12.6. The van der Waals surface area contributed by atoms with E-state index >= 15 is 0 Å². The molecule has 0 aromatic carbocycles. The van der Waals surface area contributed by atoms with Crippen LogP contribution in [0.2, 0.25) is 0 Å². The van der Waals surface area contributed by atoms with Crippen molar-refractivity contribution in [3.8, 4) is 0 Å². The first-order chi connectivity index (χ1) is 8.52. The maximum absolute atomic E-state index is 11.3. The highest BCUT2D eigenvalue weighted by molar-refractivity contribution is 7.63. The largest absolute Gasteiger partial charge is 0.476 e. The van der Waals surface area contributed by atoms with E-state index in [9.17, 15) is 14.0 Å². The molecule has 0 aromatic rings. The molecule has 0 aromatic heterocycles. The molecule has 3 N–H and O–H groups in total. The first-order valence-corrected chi connectivity index (χ1v) is 9.19. The average molecular weight is 312 g/mol. The minimum Gasteiger partial charge on any atom is -0.324 e. The fourth-order valence-electron chi connectivity index (χ4n) is 1.37. The molecule has 0 saturated carbocycles. The third-order valence-electron chi connectivity index (χ3n) is 2.23. The SMILES string of the molecule is CC(C)=CCC/C(C)=C/CCP(=O)(O)OP(=O)(O)O. The minimum atomic E-state index is -4.92. The van der Waals surface area contributed by atoms with Gasteiger partial charge in [-0.05, 0) is 40.0 Å². The molecule has 0 fully saturated rings. The van der Waals surface area contributed by atoms with E-state index in [1.165, 1.54) is 5.57 Å². The predicted molar refractivity (Wildman–Crippen MR) is 74.9 cm³/mol. The minimum absolute atomic E-state index is 0.244. The Balaban J connectivity index is 4.16. The Morgan fingerprint density at radius 1 is 1.05 bits per heavy atom. The molecule has 1 atom stereocenters. The maximum atomic E-state index is 11.3. The van der Waals surface area contributed by atoms with Gasteiger partial charge in [-0.15, -0.1) is 0 Å². The molecule has 19 heavy (non-hydrogen) atoms. The van der Waals surface area contributed by atoms with Crippen LogP contribution in [0.5, 0.6) is 0 Å². The Bertz CT molecular complexity index is 430. The summed E-state index contributed by atoms with van der Waals surface area (Å²) >= 11 is 0. The summed E-state index contributed by atoms with van der Waals surface area (Å²) in [6.45, 7) is 5.94. The van der Waals surface area contributed by atoms with Crippen molar-refractivity contribution in [2.75, 3.05) is 6.16 Å². The summed E-state index contributed by atoms with van der Waals surface area (Å²) in [4.78, 5) is 26.1. The molecule has 0 amide bonds. The van der Waals surface area contributed by atoms with E-state index in [1.807, 2.05) is 20.8 Å². The van der Waals surface area contributed by atoms with Crippen LogP contribution in [-0.4, -0.2) is 20.8 Å². The number of phosphoric acid groups is 1. The summed E-state index contributed by atoms with van der Waals surface area (Å²) in [5.74, 6) is 0. The Hall–Kier alpha value is -0.220. The van der Waals surface area contributed by atoms with Gasteiger partial charge in [-0.25, -0.2) is 8.88 Å². The number of rotatable bonds is 8. The quantitative estimate of drug-likeness (QED) is 0.469. The molecule has 0 bridgehead atoms. The van der Waals surface area contributed by atoms with Gasteiger partial charge < -0.3 is 14.7 Å². The van der Waals surface area contributed by atoms with Crippen molar-refractivity contribution in [3.63, 3.8) is 0 Å². The van der Waals surface area contributed by atoms with Crippen molar-refractivity contribution in [1.29, 1.82) is 0 Å². The molecular formula is C11H22O6P2. The van der Waals surface area contributed by atoms with Gasteiger partial charge in [0.25, 0.3) is 0 Å². The molecule has 0 rings (SSSR count). The van der Waals surface area contributed by atoms with Gasteiger partial charge in [0.05, 0.1) is 6.16 Å². The summed E-state index contributed by atoms with van der Waals surface area (Å²) < 4.78 is 25.6. The molecule has 112 valence electrons. The second kappa shape index (κ2) is 8.15. The van der Waals surface area contributed by atoms with Gasteiger partial charge >= 0.3 is 15.4 Å². The Morgan fingerprint density at radius 3 is 2.11 bits per heavy atom. The van der Waals surface area contributed by atoms with Crippen LogP contribution in [0, 0.1) is 0 Å².